The van der Waals surface area contributed by atoms with Crippen molar-refractivity contribution in [2.24, 2.45) is 5.92 Å². The van der Waals surface area contributed by atoms with Crippen molar-refractivity contribution >= 4 is 29.3 Å². The highest BCUT2D eigenvalue weighted by Crippen LogP contribution is 2.40. The van der Waals surface area contributed by atoms with Crippen LogP contribution in [0.3, 0.4) is 0 Å². The quantitative estimate of drug-likeness (QED) is 0.810. The number of carbonyl (C=O) groups is 1. The molecule has 0 saturated carbocycles. The number of aromatic nitrogens is 2. The maximum Gasteiger partial charge on any atom is 0.258 e. The molecule has 144 valence electrons. The molecule has 2 aliphatic heterocycles. The van der Waals surface area contributed by atoms with Crippen molar-refractivity contribution < 1.29 is 4.79 Å². The predicted octanol–water partition coefficient (Wildman–Crippen LogP) is 3.03. The number of anilines is 2. The van der Waals surface area contributed by atoms with Crippen LogP contribution in [0.25, 0.3) is 0 Å². The Balaban J connectivity index is 1.87. The van der Waals surface area contributed by atoms with Crippen LogP contribution in [0.2, 0.25) is 5.02 Å². The van der Waals surface area contributed by atoms with Crippen molar-refractivity contribution in [2.45, 2.75) is 38.1 Å². The van der Waals surface area contributed by atoms with Crippen molar-refractivity contribution in [3.63, 3.8) is 0 Å². The topological polar surface area (TPSA) is 102 Å². The number of hydrogen-bond donors (Lipinski definition) is 2. The maximum atomic E-state index is 13.1. The molecule has 1 aromatic carbocycles. The number of benzene rings is 1. The lowest BCUT2D eigenvalue weighted by atomic mass is 9.79. The van der Waals surface area contributed by atoms with Gasteiger partial charge in [-0.25, -0.2) is 0 Å². The number of halogens is 1. The van der Waals surface area contributed by atoms with Crippen molar-refractivity contribution in [1.29, 1.82) is 5.26 Å². The van der Waals surface area contributed by atoms with E-state index in [-0.39, 0.29) is 23.0 Å². The molecule has 8 heteroatoms. The number of nitrogens with zero attached hydrogens (tertiary/aromatic N) is 3. The molecule has 1 fully saturated rings. The second-order valence-corrected chi connectivity index (χ2v) is 7.69. The highest BCUT2D eigenvalue weighted by molar-refractivity contribution is 6.31. The molecule has 7 nitrogen and oxygen atoms in total. The van der Waals surface area contributed by atoms with Gasteiger partial charge >= 0.3 is 0 Å². The van der Waals surface area contributed by atoms with Gasteiger partial charge in [0.2, 0.25) is 11.9 Å². The zero-order chi connectivity index (χ0) is 19.8. The fourth-order valence-electron chi connectivity index (χ4n) is 4.11. The van der Waals surface area contributed by atoms with Crippen LogP contribution in [0.15, 0.2) is 29.1 Å². The minimum Gasteiger partial charge on any atom is -0.340 e. The lowest BCUT2D eigenvalue weighted by Gasteiger charge is -2.35. The summed E-state index contributed by atoms with van der Waals surface area (Å²) in [5.74, 6) is -1.65. The van der Waals surface area contributed by atoms with E-state index in [9.17, 15) is 14.9 Å². The maximum absolute atomic E-state index is 13.1. The monoisotopic (exact) mass is 397 g/mol. The molecular formula is C20H20ClN5O2. The van der Waals surface area contributed by atoms with Crippen LogP contribution in [0.1, 0.15) is 43.2 Å². The Kier molecular flexibility index (Phi) is 4.82. The summed E-state index contributed by atoms with van der Waals surface area (Å²) in [7, 11) is 0. The number of piperidine rings is 1. The molecule has 1 aromatic heterocycles. The number of hydrogen-bond acceptors (Lipinski definition) is 5. The van der Waals surface area contributed by atoms with Gasteiger partial charge < -0.3 is 10.2 Å². The van der Waals surface area contributed by atoms with Gasteiger partial charge in [-0.05, 0) is 37.8 Å². The van der Waals surface area contributed by atoms with E-state index in [1.54, 1.807) is 24.3 Å². The number of amides is 1. The van der Waals surface area contributed by atoms with Crippen molar-refractivity contribution in [3.8, 4) is 6.07 Å². The van der Waals surface area contributed by atoms with E-state index in [1.165, 1.54) is 0 Å². The average Bonchev–Trinajstić information content (AvgIpc) is 2.67. The third-order valence-electron chi connectivity index (χ3n) is 5.57. The lowest BCUT2D eigenvalue weighted by molar-refractivity contribution is -0.119. The zero-order valence-corrected chi connectivity index (χ0v) is 16.2. The summed E-state index contributed by atoms with van der Waals surface area (Å²) in [5, 5.41) is 12.7. The highest BCUT2D eigenvalue weighted by Gasteiger charge is 2.41. The molecule has 2 N–H and O–H groups in total. The Morgan fingerprint density at radius 2 is 2.07 bits per heavy atom. The Morgan fingerprint density at radius 3 is 2.79 bits per heavy atom. The predicted molar refractivity (Wildman–Crippen MR) is 107 cm³/mol. The normalized spacial score (nSPS) is 24.2. The van der Waals surface area contributed by atoms with Crippen molar-refractivity contribution in [1.82, 2.24) is 9.97 Å². The molecule has 1 amide bonds. The molecule has 0 radical (unpaired) electrons. The number of nitrogens with one attached hydrogen (secondary N) is 2. The summed E-state index contributed by atoms with van der Waals surface area (Å²) < 4.78 is 0. The lowest BCUT2D eigenvalue weighted by Crippen LogP contribution is -2.42. The first-order valence-corrected chi connectivity index (χ1v) is 9.75. The largest absolute Gasteiger partial charge is 0.340 e. The molecule has 3 atom stereocenters. The molecule has 3 unspecified atom stereocenters. The van der Waals surface area contributed by atoms with Gasteiger partial charge in [-0.2, -0.15) is 10.2 Å². The summed E-state index contributed by atoms with van der Waals surface area (Å²) >= 11 is 6.34. The van der Waals surface area contributed by atoms with Gasteiger partial charge in [-0.3, -0.25) is 14.6 Å². The van der Waals surface area contributed by atoms with Gasteiger partial charge in [-0.15, -0.1) is 0 Å². The SMILES string of the molecule is CC1CCCCN1c1nc2c(c(=O)[nH]1)C(c1ccccc1Cl)C(C#N)C(=O)N2. The van der Waals surface area contributed by atoms with Gasteiger partial charge in [-0.1, -0.05) is 29.8 Å². The average molecular weight is 398 g/mol. The van der Waals surface area contributed by atoms with Gasteiger partial charge in [0, 0.05) is 23.5 Å². The summed E-state index contributed by atoms with van der Waals surface area (Å²) in [6.45, 7) is 2.89. The van der Waals surface area contributed by atoms with Crippen LogP contribution >= 0.6 is 11.6 Å². The molecule has 3 heterocycles. The van der Waals surface area contributed by atoms with Crippen LogP contribution in [-0.4, -0.2) is 28.5 Å². The fraction of sp³-hybridized carbons (Fsp3) is 0.400. The standard InChI is InChI=1S/C20H20ClN5O2/c1-11-6-4-5-9-26(11)20-24-17-16(19(28)25-20)15(13(10-22)18(27)23-17)12-7-2-3-8-14(12)21/h2-3,7-8,11,13,15H,4-6,9H2,1H3,(H2,23,24,25,27,28). The molecule has 1 saturated heterocycles. The molecule has 4 rings (SSSR count). The molecule has 2 aliphatic rings. The summed E-state index contributed by atoms with van der Waals surface area (Å²) in [5.41, 5.74) is 0.480. The van der Waals surface area contributed by atoms with Gasteiger partial charge in [0.05, 0.1) is 11.6 Å². The number of H-pyrrole nitrogens is 1. The highest BCUT2D eigenvalue weighted by atomic mass is 35.5. The minimum atomic E-state index is -1.06. The van der Waals surface area contributed by atoms with Crippen molar-refractivity contribution in [3.05, 3.63) is 50.8 Å². The third-order valence-corrected chi connectivity index (χ3v) is 5.91. The summed E-state index contributed by atoms with van der Waals surface area (Å²) in [6.07, 6.45) is 3.18. The minimum absolute atomic E-state index is 0.206. The molecular weight excluding hydrogens is 378 g/mol. The number of rotatable bonds is 2. The third kappa shape index (κ3) is 3.04. The second-order valence-electron chi connectivity index (χ2n) is 7.29. The van der Waals surface area contributed by atoms with Gasteiger partial charge in [0.15, 0.2) is 0 Å². The van der Waals surface area contributed by atoms with E-state index in [0.717, 1.165) is 25.8 Å². The van der Waals surface area contributed by atoms with Crippen LogP contribution in [0.5, 0.6) is 0 Å². The first-order chi connectivity index (χ1) is 13.5. The summed E-state index contributed by atoms with van der Waals surface area (Å²) in [6, 6.07) is 9.23. The van der Waals surface area contributed by atoms with Crippen LogP contribution in [-0.2, 0) is 4.79 Å². The van der Waals surface area contributed by atoms with E-state index < -0.39 is 17.7 Å². The fourth-order valence-corrected chi connectivity index (χ4v) is 4.36. The number of fused-ring (bicyclic) bond motifs is 1. The molecule has 2 aromatic rings. The zero-order valence-electron chi connectivity index (χ0n) is 15.4. The van der Waals surface area contributed by atoms with Gasteiger partial charge in [0.25, 0.3) is 5.56 Å². The Bertz CT molecular complexity index is 1030. The first-order valence-electron chi connectivity index (χ1n) is 9.37. The van der Waals surface area contributed by atoms with E-state index in [0.29, 0.717) is 16.5 Å². The van der Waals surface area contributed by atoms with E-state index >= 15 is 0 Å². The molecule has 28 heavy (non-hydrogen) atoms. The van der Waals surface area contributed by atoms with E-state index in [2.05, 4.69) is 27.1 Å². The Hall–Kier alpha value is -2.85. The first kappa shape index (κ1) is 18.5. The molecule has 0 aliphatic carbocycles. The van der Waals surface area contributed by atoms with Crippen LogP contribution < -0.4 is 15.8 Å². The number of carbonyl (C=O) groups excluding carboxylic acids is 1. The number of aromatic amines is 1. The van der Waals surface area contributed by atoms with Crippen LogP contribution in [0.4, 0.5) is 11.8 Å². The van der Waals surface area contributed by atoms with E-state index in [1.807, 2.05) is 6.07 Å². The van der Waals surface area contributed by atoms with Crippen LogP contribution in [0, 0.1) is 17.2 Å². The van der Waals surface area contributed by atoms with E-state index in [4.69, 9.17) is 11.6 Å². The Labute approximate surface area is 167 Å². The molecule has 0 spiro atoms. The second kappa shape index (κ2) is 7.28. The van der Waals surface area contributed by atoms with Crippen molar-refractivity contribution in [2.75, 3.05) is 16.8 Å². The smallest absolute Gasteiger partial charge is 0.258 e. The Morgan fingerprint density at radius 1 is 1.29 bits per heavy atom. The molecule has 0 bridgehead atoms. The number of nitriles is 1. The summed E-state index contributed by atoms with van der Waals surface area (Å²) in [4.78, 5) is 35.2. The van der Waals surface area contributed by atoms with Gasteiger partial charge in [0.1, 0.15) is 11.7 Å².